The van der Waals surface area contributed by atoms with E-state index in [0.717, 1.165) is 0 Å². The standard InChI is InChI=1S/C22H18ClN3O4S2/c23-18-6-2-4-8-20(18)26-21(27)17-5-1-3-7-19(17)25-22(26)31-14-13-30-15-9-11-16(12-10-15)32(24,28)29/h1-12H,13-14H2,(H2,24,28,29). The summed E-state index contributed by atoms with van der Waals surface area (Å²) in [7, 11) is -3.75. The fourth-order valence-corrected chi connectivity index (χ4v) is 4.63. The second-order valence-corrected chi connectivity index (χ2v) is 9.75. The fourth-order valence-electron chi connectivity index (χ4n) is 3.07. The normalized spacial score (nSPS) is 11.6. The Labute approximate surface area is 193 Å². The molecule has 0 aliphatic rings. The zero-order chi connectivity index (χ0) is 22.7. The van der Waals surface area contributed by atoms with Gasteiger partial charge in [-0.15, -0.1) is 0 Å². The van der Waals surface area contributed by atoms with Gasteiger partial charge in [0.1, 0.15) is 5.75 Å². The Balaban J connectivity index is 1.57. The van der Waals surface area contributed by atoms with Crippen LogP contribution in [-0.2, 0) is 10.0 Å². The summed E-state index contributed by atoms with van der Waals surface area (Å²) in [4.78, 5) is 17.9. The van der Waals surface area contributed by atoms with Crippen LogP contribution in [0.3, 0.4) is 0 Å². The van der Waals surface area contributed by atoms with Crippen molar-refractivity contribution in [3.05, 3.63) is 88.2 Å². The number of fused-ring (bicyclic) bond motifs is 1. The van der Waals surface area contributed by atoms with Gasteiger partial charge >= 0.3 is 0 Å². The maximum Gasteiger partial charge on any atom is 0.266 e. The highest BCUT2D eigenvalue weighted by molar-refractivity contribution is 7.99. The van der Waals surface area contributed by atoms with Crippen LogP contribution in [0.5, 0.6) is 5.75 Å². The number of sulfonamides is 1. The topological polar surface area (TPSA) is 104 Å². The molecule has 0 unspecified atom stereocenters. The Hall–Kier alpha value is -2.85. The number of aromatic nitrogens is 2. The number of hydrogen-bond donors (Lipinski definition) is 1. The van der Waals surface area contributed by atoms with E-state index < -0.39 is 10.0 Å². The molecule has 7 nitrogen and oxygen atoms in total. The first-order valence-corrected chi connectivity index (χ1v) is 12.4. The third-order valence-electron chi connectivity index (χ3n) is 4.57. The summed E-state index contributed by atoms with van der Waals surface area (Å²) in [6.07, 6.45) is 0. The Morgan fingerprint density at radius 2 is 1.69 bits per heavy atom. The number of nitrogens with zero attached hydrogens (tertiary/aromatic N) is 2. The van der Waals surface area contributed by atoms with E-state index in [9.17, 15) is 13.2 Å². The van der Waals surface area contributed by atoms with Crippen LogP contribution in [0.4, 0.5) is 0 Å². The molecule has 0 radical (unpaired) electrons. The van der Waals surface area contributed by atoms with Crippen molar-refractivity contribution in [1.82, 2.24) is 9.55 Å². The van der Waals surface area contributed by atoms with Gasteiger partial charge in [-0.1, -0.05) is 47.6 Å². The van der Waals surface area contributed by atoms with Crippen molar-refractivity contribution < 1.29 is 13.2 Å². The van der Waals surface area contributed by atoms with Crippen LogP contribution in [-0.4, -0.2) is 30.3 Å². The van der Waals surface area contributed by atoms with Crippen LogP contribution in [0.15, 0.2) is 87.6 Å². The van der Waals surface area contributed by atoms with Crippen LogP contribution in [0.2, 0.25) is 5.02 Å². The van der Waals surface area contributed by atoms with Gasteiger partial charge in [0.15, 0.2) is 5.16 Å². The molecular formula is C22H18ClN3O4S2. The van der Waals surface area contributed by atoms with E-state index >= 15 is 0 Å². The Morgan fingerprint density at radius 1 is 1.00 bits per heavy atom. The lowest BCUT2D eigenvalue weighted by Gasteiger charge is -2.14. The second-order valence-electron chi connectivity index (χ2n) is 6.72. The lowest BCUT2D eigenvalue weighted by atomic mass is 10.2. The van der Waals surface area contributed by atoms with Crippen LogP contribution < -0.4 is 15.4 Å². The molecule has 4 aromatic rings. The maximum absolute atomic E-state index is 13.2. The molecule has 1 heterocycles. The highest BCUT2D eigenvalue weighted by atomic mass is 35.5. The van der Waals surface area contributed by atoms with Crippen molar-refractivity contribution in [3.63, 3.8) is 0 Å². The highest BCUT2D eigenvalue weighted by Crippen LogP contribution is 2.26. The molecule has 0 bridgehead atoms. The van der Waals surface area contributed by atoms with Gasteiger partial charge in [0.05, 0.1) is 33.1 Å². The largest absolute Gasteiger partial charge is 0.493 e. The minimum Gasteiger partial charge on any atom is -0.493 e. The average molecular weight is 488 g/mol. The van der Waals surface area contributed by atoms with Crippen LogP contribution >= 0.6 is 23.4 Å². The quantitative estimate of drug-likeness (QED) is 0.241. The van der Waals surface area contributed by atoms with E-state index in [4.69, 9.17) is 21.5 Å². The van der Waals surface area contributed by atoms with E-state index in [1.165, 1.54) is 28.5 Å². The molecule has 3 aromatic carbocycles. The van der Waals surface area contributed by atoms with Crippen LogP contribution in [0, 0.1) is 0 Å². The molecule has 0 fully saturated rings. The number of primary sulfonamides is 1. The molecule has 0 amide bonds. The molecule has 0 saturated heterocycles. The van der Waals surface area contributed by atoms with Crippen molar-refractivity contribution in [3.8, 4) is 11.4 Å². The molecule has 0 saturated carbocycles. The molecule has 164 valence electrons. The van der Waals surface area contributed by atoms with Gasteiger partial charge < -0.3 is 4.74 Å². The van der Waals surface area contributed by atoms with E-state index in [1.54, 1.807) is 48.5 Å². The smallest absolute Gasteiger partial charge is 0.266 e. The van der Waals surface area contributed by atoms with Gasteiger partial charge in [0.2, 0.25) is 10.0 Å². The summed E-state index contributed by atoms with van der Waals surface area (Å²) >= 11 is 7.73. The summed E-state index contributed by atoms with van der Waals surface area (Å²) in [6, 6.07) is 20.1. The fraction of sp³-hybridized carbons (Fsp3) is 0.0909. The third kappa shape index (κ3) is 4.81. The average Bonchev–Trinajstić information content (AvgIpc) is 2.77. The zero-order valence-electron chi connectivity index (χ0n) is 16.6. The second kappa shape index (κ2) is 9.33. The number of para-hydroxylation sites is 2. The number of benzene rings is 3. The van der Waals surface area contributed by atoms with Crippen molar-refractivity contribution in [1.29, 1.82) is 0 Å². The number of hydrogen-bond acceptors (Lipinski definition) is 6. The Kier molecular flexibility index (Phi) is 6.52. The predicted octanol–water partition coefficient (Wildman–Crippen LogP) is 3.86. The SMILES string of the molecule is NS(=O)(=O)c1ccc(OCCSc2nc3ccccc3c(=O)n2-c2ccccc2Cl)cc1. The van der Waals surface area contributed by atoms with Crippen LogP contribution in [0.25, 0.3) is 16.6 Å². The minimum absolute atomic E-state index is 0.0170. The maximum atomic E-state index is 13.2. The zero-order valence-corrected chi connectivity index (χ0v) is 19.0. The molecule has 0 aliphatic carbocycles. The first kappa shape index (κ1) is 22.3. The van der Waals surface area contributed by atoms with Crippen LogP contribution in [0.1, 0.15) is 0 Å². The number of ether oxygens (including phenoxy) is 1. The van der Waals surface area contributed by atoms with Gasteiger partial charge in [0.25, 0.3) is 5.56 Å². The summed E-state index contributed by atoms with van der Waals surface area (Å²) in [5, 5.41) is 6.54. The van der Waals surface area contributed by atoms with E-state index in [2.05, 4.69) is 4.98 Å². The molecule has 0 atom stereocenters. The van der Waals surface area contributed by atoms with E-state index in [0.29, 0.717) is 44.9 Å². The van der Waals surface area contributed by atoms with Gasteiger partial charge in [0, 0.05) is 5.75 Å². The Morgan fingerprint density at radius 3 is 2.41 bits per heavy atom. The van der Waals surface area contributed by atoms with E-state index in [1.807, 2.05) is 12.1 Å². The van der Waals surface area contributed by atoms with Crippen molar-refractivity contribution in [2.75, 3.05) is 12.4 Å². The molecule has 2 N–H and O–H groups in total. The summed E-state index contributed by atoms with van der Waals surface area (Å²) in [5.41, 5.74) is 0.952. The molecule has 32 heavy (non-hydrogen) atoms. The first-order chi connectivity index (χ1) is 15.3. The van der Waals surface area contributed by atoms with Crippen molar-refractivity contribution >= 4 is 44.3 Å². The molecular weight excluding hydrogens is 470 g/mol. The predicted molar refractivity (Wildman–Crippen MR) is 126 cm³/mol. The highest BCUT2D eigenvalue weighted by Gasteiger charge is 2.15. The molecule has 0 aliphatic heterocycles. The summed E-state index contributed by atoms with van der Waals surface area (Å²) < 4.78 is 29.9. The summed E-state index contributed by atoms with van der Waals surface area (Å²) in [5.74, 6) is 1.000. The Bertz CT molecular complexity index is 1440. The number of thioether (sulfide) groups is 1. The molecule has 1 aromatic heterocycles. The molecule has 10 heteroatoms. The van der Waals surface area contributed by atoms with Gasteiger partial charge in [-0.25, -0.2) is 18.5 Å². The number of rotatable bonds is 7. The minimum atomic E-state index is -3.75. The number of halogens is 1. The molecule has 4 rings (SSSR count). The van der Waals surface area contributed by atoms with Crippen molar-refractivity contribution in [2.24, 2.45) is 5.14 Å². The lowest BCUT2D eigenvalue weighted by Crippen LogP contribution is -2.22. The summed E-state index contributed by atoms with van der Waals surface area (Å²) in [6.45, 7) is 0.310. The monoisotopic (exact) mass is 487 g/mol. The van der Waals surface area contributed by atoms with Crippen molar-refractivity contribution in [2.45, 2.75) is 10.1 Å². The number of nitrogens with two attached hydrogens (primary N) is 1. The first-order valence-electron chi connectivity index (χ1n) is 9.50. The third-order valence-corrected chi connectivity index (χ3v) is 6.73. The van der Waals surface area contributed by atoms with E-state index in [-0.39, 0.29) is 10.5 Å². The molecule has 0 spiro atoms. The van der Waals surface area contributed by atoms with Gasteiger partial charge in [-0.05, 0) is 48.5 Å². The van der Waals surface area contributed by atoms with Gasteiger partial charge in [-0.2, -0.15) is 0 Å². The lowest BCUT2D eigenvalue weighted by molar-refractivity contribution is 0.343. The van der Waals surface area contributed by atoms with Gasteiger partial charge in [-0.3, -0.25) is 9.36 Å².